The lowest BCUT2D eigenvalue weighted by Crippen LogP contribution is -2.17. The molecule has 2 rings (SSSR count). The molecule has 4 heteroatoms. The zero-order chi connectivity index (χ0) is 20.9. The van der Waals surface area contributed by atoms with E-state index in [-0.39, 0.29) is 12.0 Å². The fourth-order valence-electron chi connectivity index (χ4n) is 3.34. The highest BCUT2D eigenvalue weighted by molar-refractivity contribution is 9.09. The second-order valence-corrected chi connectivity index (χ2v) is 8.98. The number of benzene rings is 2. The van der Waals surface area contributed by atoms with Crippen molar-refractivity contribution in [2.24, 2.45) is 4.99 Å². The first-order valence-corrected chi connectivity index (χ1v) is 11.4. The largest absolute Gasteiger partial charge is 0.469 e. The van der Waals surface area contributed by atoms with Crippen molar-refractivity contribution in [2.45, 2.75) is 62.7 Å². The van der Waals surface area contributed by atoms with Crippen molar-refractivity contribution in [1.29, 1.82) is 0 Å². The molecule has 0 saturated carbocycles. The van der Waals surface area contributed by atoms with Gasteiger partial charge in [0.1, 0.15) is 0 Å². The van der Waals surface area contributed by atoms with Crippen molar-refractivity contribution in [1.82, 2.24) is 0 Å². The lowest BCUT2D eigenvalue weighted by atomic mass is 10.00. The second kappa shape index (κ2) is 13.3. The van der Waals surface area contributed by atoms with Gasteiger partial charge >= 0.3 is 5.97 Å². The molecular formula is C25H32BrNO2. The normalized spacial score (nSPS) is 12.8. The number of alkyl halides is 1. The van der Waals surface area contributed by atoms with E-state index in [0.717, 1.165) is 29.7 Å². The molecule has 0 heterocycles. The van der Waals surface area contributed by atoms with E-state index in [2.05, 4.69) is 47.1 Å². The number of carbonyl (C=O) groups excluding carboxylic acids is 1. The van der Waals surface area contributed by atoms with Gasteiger partial charge in [-0.2, -0.15) is 0 Å². The van der Waals surface area contributed by atoms with Crippen molar-refractivity contribution in [3.63, 3.8) is 0 Å². The molecule has 2 aromatic carbocycles. The number of methoxy groups -OCH3 is 1. The molecule has 0 aliphatic heterocycles. The summed E-state index contributed by atoms with van der Waals surface area (Å²) < 4.78 is 4.93. The molecule has 29 heavy (non-hydrogen) atoms. The van der Waals surface area contributed by atoms with Crippen molar-refractivity contribution in [3.8, 4) is 0 Å². The highest BCUT2D eigenvalue weighted by Gasteiger charge is 2.16. The molecule has 0 aliphatic carbocycles. The van der Waals surface area contributed by atoms with E-state index in [4.69, 9.17) is 9.73 Å². The van der Waals surface area contributed by atoms with Crippen LogP contribution in [-0.4, -0.2) is 29.7 Å². The minimum Gasteiger partial charge on any atom is -0.469 e. The predicted molar refractivity (Wildman–Crippen MR) is 125 cm³/mol. The van der Waals surface area contributed by atoms with Crippen molar-refractivity contribution in [2.75, 3.05) is 7.11 Å². The van der Waals surface area contributed by atoms with Crippen LogP contribution in [0.25, 0.3) is 0 Å². The average Bonchev–Trinajstić information content (AvgIpc) is 2.75. The fourth-order valence-corrected chi connectivity index (χ4v) is 3.66. The van der Waals surface area contributed by atoms with Gasteiger partial charge in [-0.05, 0) is 12.8 Å². The van der Waals surface area contributed by atoms with Crippen LogP contribution < -0.4 is 0 Å². The van der Waals surface area contributed by atoms with Crippen LogP contribution in [0.4, 0.5) is 0 Å². The number of esters is 1. The van der Waals surface area contributed by atoms with Gasteiger partial charge in [0, 0.05) is 16.0 Å². The van der Waals surface area contributed by atoms with Crippen LogP contribution >= 0.6 is 15.9 Å². The number of unbranched alkanes of at least 4 members (excludes halogenated alkanes) is 3. The molecule has 0 fully saturated rings. The minimum atomic E-state index is -0.202. The van der Waals surface area contributed by atoms with Crippen molar-refractivity contribution in [3.05, 3.63) is 71.8 Å². The second-order valence-electron chi connectivity index (χ2n) is 7.42. The molecule has 3 nitrogen and oxygen atoms in total. The molecule has 0 radical (unpaired) electrons. The number of aliphatic imine (C=N–C) groups is 1. The Kier molecular flexibility index (Phi) is 10.7. The molecule has 0 N–H and O–H groups in total. The van der Waals surface area contributed by atoms with Crippen LogP contribution in [0.2, 0.25) is 0 Å². The summed E-state index contributed by atoms with van der Waals surface area (Å²) in [5.41, 5.74) is 3.08. The van der Waals surface area contributed by atoms with E-state index in [1.807, 2.05) is 36.4 Å². The molecule has 0 aliphatic rings. The number of hydrogen-bond acceptors (Lipinski definition) is 3. The fraction of sp³-hybridized carbons (Fsp3) is 0.440. The monoisotopic (exact) mass is 457 g/mol. The number of halogens is 1. The Balaban J connectivity index is 2.14. The lowest BCUT2D eigenvalue weighted by molar-refractivity contribution is -0.141. The van der Waals surface area contributed by atoms with Gasteiger partial charge in [0.2, 0.25) is 0 Å². The maximum atomic E-state index is 12.0. The SMILES string of the molecule is COC(=O)CC(CCCCCCC(C)Br)N=C(c1ccccc1)c1ccccc1. The van der Waals surface area contributed by atoms with Gasteiger partial charge in [-0.3, -0.25) is 9.79 Å². The number of ether oxygens (including phenoxy) is 1. The molecule has 2 atom stereocenters. The Morgan fingerprint density at radius 1 is 0.897 bits per heavy atom. The summed E-state index contributed by atoms with van der Waals surface area (Å²) in [6.45, 7) is 2.19. The third-order valence-corrected chi connectivity index (χ3v) is 5.38. The Bertz CT molecular complexity index is 702. The summed E-state index contributed by atoms with van der Waals surface area (Å²) >= 11 is 3.60. The van der Waals surface area contributed by atoms with E-state index in [0.29, 0.717) is 11.2 Å². The summed E-state index contributed by atoms with van der Waals surface area (Å²) in [6.07, 6.45) is 7.10. The van der Waals surface area contributed by atoms with Gasteiger partial charge in [0.05, 0.1) is 25.3 Å². The average molecular weight is 458 g/mol. The predicted octanol–water partition coefficient (Wildman–Crippen LogP) is 6.58. The van der Waals surface area contributed by atoms with Gasteiger partial charge in [-0.1, -0.05) is 109 Å². The number of rotatable bonds is 12. The highest BCUT2D eigenvalue weighted by atomic mass is 79.9. The van der Waals surface area contributed by atoms with Crippen LogP contribution in [0, 0.1) is 0 Å². The Labute approximate surface area is 183 Å². The van der Waals surface area contributed by atoms with E-state index in [9.17, 15) is 4.79 Å². The first kappa shape index (κ1) is 23.3. The maximum absolute atomic E-state index is 12.0. The quantitative estimate of drug-likeness (QED) is 0.156. The first-order valence-electron chi connectivity index (χ1n) is 10.5. The third-order valence-electron chi connectivity index (χ3n) is 4.93. The van der Waals surface area contributed by atoms with E-state index in [1.54, 1.807) is 0 Å². The van der Waals surface area contributed by atoms with Gasteiger partial charge < -0.3 is 4.74 Å². The molecular weight excluding hydrogens is 426 g/mol. The van der Waals surface area contributed by atoms with E-state index < -0.39 is 0 Å². The van der Waals surface area contributed by atoms with Crippen LogP contribution in [0.3, 0.4) is 0 Å². The maximum Gasteiger partial charge on any atom is 0.307 e. The van der Waals surface area contributed by atoms with Gasteiger partial charge in [0.25, 0.3) is 0 Å². The molecule has 0 saturated heterocycles. The first-order chi connectivity index (χ1) is 14.1. The Morgan fingerprint density at radius 3 is 1.90 bits per heavy atom. The lowest BCUT2D eigenvalue weighted by Gasteiger charge is -2.15. The smallest absolute Gasteiger partial charge is 0.307 e. The molecule has 0 amide bonds. The van der Waals surface area contributed by atoms with Crippen molar-refractivity contribution < 1.29 is 9.53 Å². The molecule has 2 aromatic rings. The van der Waals surface area contributed by atoms with Gasteiger partial charge in [-0.15, -0.1) is 0 Å². The summed E-state index contributed by atoms with van der Waals surface area (Å²) in [5, 5.41) is 0. The number of carbonyl (C=O) groups is 1. The van der Waals surface area contributed by atoms with Crippen LogP contribution in [0.5, 0.6) is 0 Å². The third kappa shape index (κ3) is 8.95. The molecule has 156 valence electrons. The number of hydrogen-bond donors (Lipinski definition) is 0. The summed E-state index contributed by atoms with van der Waals surface area (Å²) in [7, 11) is 1.44. The van der Waals surface area contributed by atoms with Crippen molar-refractivity contribution >= 4 is 27.6 Å². The summed E-state index contributed by atoms with van der Waals surface area (Å²) in [6, 6.07) is 20.3. The van der Waals surface area contributed by atoms with Crippen LogP contribution in [0.1, 0.15) is 63.0 Å². The minimum absolute atomic E-state index is 0.0760. The Hall–Kier alpha value is -1.94. The van der Waals surface area contributed by atoms with E-state index >= 15 is 0 Å². The van der Waals surface area contributed by atoms with Crippen LogP contribution in [0.15, 0.2) is 65.7 Å². The topological polar surface area (TPSA) is 38.7 Å². The summed E-state index contributed by atoms with van der Waals surface area (Å²) in [5.74, 6) is -0.202. The van der Waals surface area contributed by atoms with E-state index in [1.165, 1.54) is 32.8 Å². The standard InChI is InChI=1S/C25H32BrNO2/c1-20(26)13-7-3-4-12-18-23(19-24(28)29-2)27-25(21-14-8-5-9-15-21)22-16-10-6-11-17-22/h5-6,8-11,14-17,20,23H,3-4,7,12-13,18-19H2,1-2H3. The van der Waals surface area contributed by atoms with Crippen LogP contribution in [-0.2, 0) is 9.53 Å². The zero-order valence-electron chi connectivity index (χ0n) is 17.5. The molecule has 2 unspecified atom stereocenters. The zero-order valence-corrected chi connectivity index (χ0v) is 19.1. The Morgan fingerprint density at radius 2 is 1.41 bits per heavy atom. The van der Waals surface area contributed by atoms with Gasteiger partial charge in [0.15, 0.2) is 0 Å². The van der Waals surface area contributed by atoms with Gasteiger partial charge in [-0.25, -0.2) is 0 Å². The summed E-state index contributed by atoms with van der Waals surface area (Å²) in [4.78, 5) is 17.6. The molecule has 0 spiro atoms. The highest BCUT2D eigenvalue weighted by Crippen LogP contribution is 2.18. The molecule has 0 aromatic heterocycles. The number of nitrogens with zero attached hydrogens (tertiary/aromatic N) is 1. The molecule has 0 bridgehead atoms.